The number of benzene rings is 2. The van der Waals surface area contributed by atoms with E-state index < -0.39 is 0 Å². The summed E-state index contributed by atoms with van der Waals surface area (Å²) < 4.78 is 1.73. The molecule has 8 nitrogen and oxygen atoms in total. The third kappa shape index (κ3) is 4.22. The Kier molecular flexibility index (Phi) is 5.97. The first-order valence-corrected chi connectivity index (χ1v) is 13.0. The lowest BCUT2D eigenvalue weighted by atomic mass is 10.1. The Bertz CT molecular complexity index is 1690. The number of nitrogens with two attached hydrogens (primary N) is 1. The van der Waals surface area contributed by atoms with E-state index in [4.69, 9.17) is 5.73 Å². The molecule has 38 heavy (non-hydrogen) atoms. The van der Waals surface area contributed by atoms with Crippen LogP contribution in [0.25, 0.3) is 21.8 Å². The summed E-state index contributed by atoms with van der Waals surface area (Å²) in [5.41, 5.74) is 11.7. The van der Waals surface area contributed by atoms with Crippen LogP contribution in [0.1, 0.15) is 25.7 Å². The number of anilines is 3. The molecule has 0 bridgehead atoms. The number of hydrogen-bond acceptors (Lipinski definition) is 6. The number of rotatable bonds is 4. The number of fused-ring (bicyclic) bond motifs is 3. The summed E-state index contributed by atoms with van der Waals surface area (Å²) in [6.45, 7) is 0.462. The molecule has 1 aliphatic heterocycles. The van der Waals surface area contributed by atoms with Gasteiger partial charge in [-0.1, -0.05) is 36.4 Å². The Morgan fingerprint density at radius 1 is 1.00 bits per heavy atom. The van der Waals surface area contributed by atoms with E-state index in [1.165, 1.54) is 11.3 Å². The van der Waals surface area contributed by atoms with Gasteiger partial charge in [0.05, 0.1) is 33.3 Å². The molecule has 4 heterocycles. The maximum atomic E-state index is 13.8. The minimum atomic E-state index is -0.206. The lowest BCUT2D eigenvalue weighted by Crippen LogP contribution is -2.33. The van der Waals surface area contributed by atoms with E-state index in [0.29, 0.717) is 40.6 Å². The van der Waals surface area contributed by atoms with Crippen molar-refractivity contribution in [1.29, 1.82) is 0 Å². The van der Waals surface area contributed by atoms with Crippen molar-refractivity contribution in [2.45, 2.75) is 6.42 Å². The van der Waals surface area contributed by atoms with Crippen LogP contribution in [0.4, 0.5) is 17.1 Å². The van der Waals surface area contributed by atoms with Gasteiger partial charge in [-0.25, -0.2) is 4.98 Å². The number of hydrogen-bond donors (Lipinski definition) is 2. The van der Waals surface area contributed by atoms with E-state index >= 15 is 0 Å². The highest BCUT2D eigenvalue weighted by Crippen LogP contribution is 2.42. The van der Waals surface area contributed by atoms with Crippen molar-refractivity contribution in [2.24, 2.45) is 7.05 Å². The Labute approximate surface area is 223 Å². The first kappa shape index (κ1) is 23.6. The normalized spacial score (nSPS) is 12.4. The summed E-state index contributed by atoms with van der Waals surface area (Å²) in [4.78, 5) is 34.9. The van der Waals surface area contributed by atoms with Crippen LogP contribution < -0.4 is 16.0 Å². The highest BCUT2D eigenvalue weighted by molar-refractivity contribution is 7.17. The largest absolute Gasteiger partial charge is 0.397 e. The van der Waals surface area contributed by atoms with E-state index in [1.54, 1.807) is 34.0 Å². The molecule has 0 atom stereocenters. The summed E-state index contributed by atoms with van der Waals surface area (Å²) in [5.74, 6) is -0.378. The van der Waals surface area contributed by atoms with Crippen molar-refractivity contribution in [1.82, 2.24) is 14.8 Å². The number of amides is 2. The highest BCUT2D eigenvalue weighted by Gasteiger charge is 2.28. The van der Waals surface area contributed by atoms with Crippen LogP contribution in [-0.2, 0) is 13.5 Å². The predicted octanol–water partition coefficient (Wildman–Crippen LogP) is 5.25. The van der Waals surface area contributed by atoms with Crippen LogP contribution >= 0.6 is 11.3 Å². The molecule has 3 aromatic heterocycles. The maximum Gasteiger partial charge on any atom is 0.276 e. The molecule has 188 valence electrons. The number of carbonyl (C=O) groups is 2. The fourth-order valence-corrected chi connectivity index (χ4v) is 5.81. The predicted molar refractivity (Wildman–Crippen MR) is 150 cm³/mol. The molecule has 2 aromatic carbocycles. The number of aryl methyl sites for hydroxylation is 1. The van der Waals surface area contributed by atoms with Crippen molar-refractivity contribution < 1.29 is 9.59 Å². The number of thiophene rings is 1. The van der Waals surface area contributed by atoms with Crippen LogP contribution in [-0.4, -0.2) is 33.1 Å². The SMILES string of the molecule is Cn1nccc1-c1cccc(C(=O)N2CCc3cc(C(=O)Nc4ccccc4N)sc3-c3ccccc32)n1. The third-order valence-electron chi connectivity index (χ3n) is 6.58. The van der Waals surface area contributed by atoms with Crippen molar-refractivity contribution >= 4 is 40.2 Å². The fourth-order valence-electron chi connectivity index (χ4n) is 4.67. The molecule has 5 aromatic rings. The van der Waals surface area contributed by atoms with Gasteiger partial charge >= 0.3 is 0 Å². The molecule has 0 saturated carbocycles. The molecule has 9 heteroatoms. The monoisotopic (exact) mass is 520 g/mol. The number of pyridine rings is 1. The Hall–Kier alpha value is -4.76. The second-order valence-corrected chi connectivity index (χ2v) is 10.0. The number of aromatic nitrogens is 3. The van der Waals surface area contributed by atoms with Crippen molar-refractivity contribution in [3.05, 3.63) is 101 Å². The number of nitrogens with zero attached hydrogens (tertiary/aromatic N) is 4. The van der Waals surface area contributed by atoms with Gasteiger partial charge in [0.1, 0.15) is 5.69 Å². The first-order valence-electron chi connectivity index (χ1n) is 12.1. The van der Waals surface area contributed by atoms with Gasteiger partial charge in [0.2, 0.25) is 0 Å². The van der Waals surface area contributed by atoms with Crippen molar-refractivity contribution in [3.63, 3.8) is 0 Å². The topological polar surface area (TPSA) is 106 Å². The van der Waals surface area contributed by atoms with Crippen LogP contribution in [0.2, 0.25) is 0 Å². The van der Waals surface area contributed by atoms with Crippen LogP contribution in [0, 0.1) is 0 Å². The van der Waals surface area contributed by atoms with E-state index in [2.05, 4.69) is 15.4 Å². The summed E-state index contributed by atoms with van der Waals surface area (Å²) in [6.07, 6.45) is 2.31. The first-order chi connectivity index (χ1) is 18.5. The van der Waals surface area contributed by atoms with Crippen LogP contribution in [0.5, 0.6) is 0 Å². The standard InChI is InChI=1S/C29H24N6O2S/c1-34-25(13-15-31-34)22-10-6-11-23(32-22)29(37)35-16-14-18-17-26(28(36)33-21-9-4-3-8-20(21)30)38-27(18)19-7-2-5-12-24(19)35/h2-13,15,17H,14,16,30H2,1H3,(H,33,36). The summed E-state index contributed by atoms with van der Waals surface area (Å²) >= 11 is 1.42. The molecule has 0 spiro atoms. The minimum Gasteiger partial charge on any atom is -0.397 e. The van der Waals surface area contributed by atoms with Crippen molar-refractivity contribution in [3.8, 4) is 21.8 Å². The lowest BCUT2D eigenvalue weighted by molar-refractivity contribution is 0.0981. The van der Waals surface area contributed by atoms with E-state index in [1.807, 2.05) is 67.7 Å². The van der Waals surface area contributed by atoms with Gasteiger partial charge in [-0.2, -0.15) is 5.10 Å². The fraction of sp³-hybridized carbons (Fsp3) is 0.103. The summed E-state index contributed by atoms with van der Waals surface area (Å²) in [6, 6.07) is 24.2. The Balaban J connectivity index is 1.32. The molecular formula is C29H24N6O2S. The Morgan fingerprint density at radius 3 is 2.63 bits per heavy atom. The number of nitrogens with one attached hydrogen (secondary N) is 1. The van der Waals surface area contributed by atoms with Gasteiger partial charge in [0.15, 0.2) is 0 Å². The van der Waals surface area contributed by atoms with Crippen molar-refractivity contribution in [2.75, 3.05) is 22.5 Å². The Morgan fingerprint density at radius 2 is 1.82 bits per heavy atom. The number of nitrogen functional groups attached to an aromatic ring is 1. The molecular weight excluding hydrogens is 496 g/mol. The molecule has 3 N–H and O–H groups in total. The molecule has 1 aliphatic rings. The van der Waals surface area contributed by atoms with Crippen LogP contribution in [0.15, 0.2) is 85.1 Å². The molecule has 0 fully saturated rings. The smallest absolute Gasteiger partial charge is 0.276 e. The van der Waals surface area contributed by atoms with Gasteiger partial charge in [-0.15, -0.1) is 11.3 Å². The maximum absolute atomic E-state index is 13.8. The molecule has 0 unspecified atom stereocenters. The van der Waals surface area contributed by atoms with E-state index in [9.17, 15) is 9.59 Å². The zero-order valence-electron chi connectivity index (χ0n) is 20.6. The van der Waals surface area contributed by atoms with Crippen LogP contribution in [0.3, 0.4) is 0 Å². The minimum absolute atomic E-state index is 0.172. The summed E-state index contributed by atoms with van der Waals surface area (Å²) in [5, 5.41) is 7.12. The van der Waals surface area contributed by atoms with Gasteiger partial charge in [-0.3, -0.25) is 14.3 Å². The van der Waals surface area contributed by atoms with E-state index in [0.717, 1.165) is 27.4 Å². The lowest BCUT2D eigenvalue weighted by Gasteiger charge is -2.23. The average Bonchev–Trinajstić information content (AvgIpc) is 3.53. The second-order valence-electron chi connectivity index (χ2n) is 8.98. The zero-order chi connectivity index (χ0) is 26.2. The zero-order valence-corrected chi connectivity index (χ0v) is 21.4. The number of carbonyl (C=O) groups excluding carboxylic acids is 2. The highest BCUT2D eigenvalue weighted by atomic mass is 32.1. The second kappa shape index (κ2) is 9.60. The third-order valence-corrected chi connectivity index (χ3v) is 7.79. The molecule has 2 amide bonds. The van der Waals surface area contributed by atoms with Gasteiger partial charge in [0.25, 0.3) is 11.8 Å². The summed E-state index contributed by atoms with van der Waals surface area (Å²) in [7, 11) is 1.85. The van der Waals surface area contributed by atoms with Gasteiger partial charge in [0, 0.05) is 30.2 Å². The van der Waals surface area contributed by atoms with E-state index in [-0.39, 0.29) is 11.8 Å². The van der Waals surface area contributed by atoms with Gasteiger partial charge < -0.3 is 16.0 Å². The van der Waals surface area contributed by atoms with Gasteiger partial charge in [-0.05, 0) is 54.4 Å². The number of para-hydroxylation sites is 3. The molecule has 0 radical (unpaired) electrons. The molecule has 0 aliphatic carbocycles. The molecule has 6 rings (SSSR count). The quantitative estimate of drug-likeness (QED) is 0.315. The molecule has 0 saturated heterocycles. The average molecular weight is 521 g/mol.